The largest absolute Gasteiger partial charge is 0.391 e. The Morgan fingerprint density at radius 1 is 1.38 bits per heavy atom. The van der Waals surface area contributed by atoms with Crippen LogP contribution in [0.2, 0.25) is 0 Å². The summed E-state index contributed by atoms with van der Waals surface area (Å²) in [6.07, 6.45) is 1.21. The van der Waals surface area contributed by atoms with Crippen molar-refractivity contribution < 1.29 is 13.2 Å². The summed E-state index contributed by atoms with van der Waals surface area (Å²) in [6, 6.07) is -0.206. The topological polar surface area (TPSA) is 54.2 Å². The number of imidazole rings is 1. The minimum atomic E-state index is -4.11. The van der Waals surface area contributed by atoms with Gasteiger partial charge in [-0.2, -0.15) is 13.2 Å². The van der Waals surface area contributed by atoms with Gasteiger partial charge in [0.1, 0.15) is 5.82 Å². The Labute approximate surface area is 170 Å². The van der Waals surface area contributed by atoms with Gasteiger partial charge in [0.15, 0.2) is 5.96 Å². The normalized spacial score (nSPS) is 21.4. The molecule has 150 valence electrons. The summed E-state index contributed by atoms with van der Waals surface area (Å²) < 4.78 is 40.9. The first-order valence-electron chi connectivity index (χ1n) is 8.83. The van der Waals surface area contributed by atoms with Crippen LogP contribution in [0.5, 0.6) is 0 Å². The van der Waals surface area contributed by atoms with Gasteiger partial charge in [0.2, 0.25) is 0 Å². The summed E-state index contributed by atoms with van der Waals surface area (Å²) in [5.41, 5.74) is 0. The molecular formula is C17H29F3IN5. The molecule has 2 rings (SSSR count). The minimum Gasteiger partial charge on any atom is -0.354 e. The number of guanidine groups is 1. The smallest absolute Gasteiger partial charge is 0.354 e. The van der Waals surface area contributed by atoms with Crippen molar-refractivity contribution in [2.24, 2.45) is 16.8 Å². The lowest BCUT2D eigenvalue weighted by Crippen LogP contribution is -2.46. The average molecular weight is 487 g/mol. The Kier molecular flexibility index (Phi) is 9.18. The van der Waals surface area contributed by atoms with E-state index >= 15 is 0 Å². The van der Waals surface area contributed by atoms with Crippen LogP contribution in [0.25, 0.3) is 0 Å². The van der Waals surface area contributed by atoms with E-state index in [1.807, 2.05) is 6.20 Å². The molecule has 2 atom stereocenters. The lowest BCUT2D eigenvalue weighted by Gasteiger charge is -2.31. The van der Waals surface area contributed by atoms with Gasteiger partial charge in [-0.3, -0.25) is 4.99 Å². The van der Waals surface area contributed by atoms with Crippen LogP contribution in [0.1, 0.15) is 45.4 Å². The standard InChI is InChI=1S/C17H28F3N5.HI/c1-12(2)11-25-8-7-22-15(25)10-23-16(21-3)24-14-6-4-5-13(9-14)17(18,19)20;/h7-8,12-14H,4-6,9-11H2,1-3H3,(H2,21,23,24);1H. The molecule has 1 aromatic heterocycles. The van der Waals surface area contributed by atoms with Crippen LogP contribution in [0.4, 0.5) is 13.2 Å². The Morgan fingerprint density at radius 2 is 2.12 bits per heavy atom. The zero-order valence-electron chi connectivity index (χ0n) is 15.5. The van der Waals surface area contributed by atoms with Crippen LogP contribution in [0.15, 0.2) is 17.4 Å². The zero-order valence-corrected chi connectivity index (χ0v) is 17.8. The molecule has 0 spiro atoms. The summed E-state index contributed by atoms with van der Waals surface area (Å²) in [6.45, 7) is 5.63. The molecule has 26 heavy (non-hydrogen) atoms. The Hall–Kier alpha value is -1.00. The van der Waals surface area contributed by atoms with Crippen LogP contribution >= 0.6 is 24.0 Å². The Morgan fingerprint density at radius 3 is 2.73 bits per heavy atom. The van der Waals surface area contributed by atoms with E-state index in [9.17, 15) is 13.2 Å². The molecule has 1 heterocycles. The predicted octanol–water partition coefficient (Wildman–Crippen LogP) is 3.94. The van der Waals surface area contributed by atoms with Gasteiger partial charge in [-0.25, -0.2) is 4.98 Å². The molecule has 0 aliphatic heterocycles. The van der Waals surface area contributed by atoms with Crippen molar-refractivity contribution in [1.82, 2.24) is 20.2 Å². The maximum Gasteiger partial charge on any atom is 0.391 e. The fourth-order valence-electron chi connectivity index (χ4n) is 3.24. The van der Waals surface area contributed by atoms with Crippen LogP contribution in [0, 0.1) is 11.8 Å². The molecule has 0 aromatic carbocycles. The first kappa shape index (κ1) is 23.0. The van der Waals surface area contributed by atoms with Crippen molar-refractivity contribution >= 4 is 29.9 Å². The molecule has 1 fully saturated rings. The van der Waals surface area contributed by atoms with E-state index in [0.717, 1.165) is 18.8 Å². The first-order chi connectivity index (χ1) is 11.8. The molecule has 0 saturated heterocycles. The third-order valence-electron chi connectivity index (χ3n) is 4.48. The molecule has 0 radical (unpaired) electrons. The lowest BCUT2D eigenvalue weighted by molar-refractivity contribution is -0.183. The van der Waals surface area contributed by atoms with Gasteiger partial charge in [0.05, 0.1) is 12.5 Å². The first-order valence-corrected chi connectivity index (χ1v) is 8.83. The van der Waals surface area contributed by atoms with E-state index in [0.29, 0.717) is 24.8 Å². The quantitative estimate of drug-likeness (QED) is 0.376. The number of hydrogen-bond donors (Lipinski definition) is 2. The molecular weight excluding hydrogens is 458 g/mol. The summed E-state index contributed by atoms with van der Waals surface area (Å²) >= 11 is 0. The molecule has 5 nitrogen and oxygen atoms in total. The third-order valence-corrected chi connectivity index (χ3v) is 4.48. The highest BCUT2D eigenvalue weighted by atomic mass is 127. The van der Waals surface area contributed by atoms with Crippen LogP contribution in [-0.2, 0) is 13.1 Å². The number of hydrogen-bond acceptors (Lipinski definition) is 2. The van der Waals surface area contributed by atoms with Crippen molar-refractivity contribution in [3.05, 3.63) is 18.2 Å². The second-order valence-electron chi connectivity index (χ2n) is 7.06. The maximum absolute atomic E-state index is 12.9. The number of alkyl halides is 3. The summed E-state index contributed by atoms with van der Waals surface area (Å²) in [4.78, 5) is 8.47. The second-order valence-corrected chi connectivity index (χ2v) is 7.06. The van der Waals surface area contributed by atoms with Crippen molar-refractivity contribution in [2.45, 2.75) is 64.8 Å². The Balaban J connectivity index is 0.00000338. The predicted molar refractivity (Wildman–Crippen MR) is 108 cm³/mol. The monoisotopic (exact) mass is 487 g/mol. The number of rotatable bonds is 5. The Bertz CT molecular complexity index is 571. The molecule has 2 unspecified atom stereocenters. The van der Waals surface area contributed by atoms with E-state index < -0.39 is 12.1 Å². The second kappa shape index (κ2) is 10.4. The highest BCUT2D eigenvalue weighted by molar-refractivity contribution is 14.0. The highest BCUT2D eigenvalue weighted by Crippen LogP contribution is 2.37. The van der Waals surface area contributed by atoms with Gasteiger partial charge in [-0.15, -0.1) is 24.0 Å². The molecule has 1 saturated carbocycles. The number of nitrogens with zero attached hydrogens (tertiary/aromatic N) is 3. The zero-order chi connectivity index (χ0) is 18.4. The minimum absolute atomic E-state index is 0. The van der Waals surface area contributed by atoms with Crippen LogP contribution < -0.4 is 10.6 Å². The van der Waals surface area contributed by atoms with E-state index in [1.165, 1.54) is 0 Å². The van der Waals surface area contributed by atoms with Crippen molar-refractivity contribution in [3.8, 4) is 0 Å². The summed E-state index contributed by atoms with van der Waals surface area (Å²) in [5, 5.41) is 6.29. The number of aromatic nitrogens is 2. The van der Waals surface area contributed by atoms with E-state index in [4.69, 9.17) is 0 Å². The van der Waals surface area contributed by atoms with Crippen molar-refractivity contribution in [3.63, 3.8) is 0 Å². The van der Waals surface area contributed by atoms with Crippen LogP contribution in [-0.4, -0.2) is 34.8 Å². The number of halogens is 4. The highest BCUT2D eigenvalue weighted by Gasteiger charge is 2.42. The molecule has 2 N–H and O–H groups in total. The van der Waals surface area contributed by atoms with E-state index in [2.05, 4.69) is 39.0 Å². The summed E-state index contributed by atoms with van der Waals surface area (Å²) in [5.74, 6) is 0.689. The fourth-order valence-corrected chi connectivity index (χ4v) is 3.24. The average Bonchev–Trinajstić information content (AvgIpc) is 2.97. The lowest BCUT2D eigenvalue weighted by atomic mass is 9.85. The SMILES string of the molecule is CN=C(NCc1nccn1CC(C)C)NC1CCCC(C(F)(F)F)C1.I. The maximum atomic E-state index is 12.9. The van der Waals surface area contributed by atoms with E-state index in [1.54, 1.807) is 13.2 Å². The van der Waals surface area contributed by atoms with Crippen LogP contribution in [0.3, 0.4) is 0 Å². The fraction of sp³-hybridized carbons (Fsp3) is 0.765. The molecule has 1 aliphatic carbocycles. The number of nitrogens with one attached hydrogen (secondary N) is 2. The van der Waals surface area contributed by atoms with Gasteiger partial charge in [-0.1, -0.05) is 20.3 Å². The van der Waals surface area contributed by atoms with E-state index in [-0.39, 0.29) is 42.9 Å². The molecule has 0 bridgehead atoms. The van der Waals surface area contributed by atoms with Gasteiger partial charge in [0, 0.05) is 32.0 Å². The van der Waals surface area contributed by atoms with Crippen molar-refractivity contribution in [1.29, 1.82) is 0 Å². The third kappa shape index (κ3) is 6.96. The summed E-state index contributed by atoms with van der Waals surface area (Å²) in [7, 11) is 1.62. The molecule has 0 amide bonds. The van der Waals surface area contributed by atoms with Crippen molar-refractivity contribution in [2.75, 3.05) is 7.05 Å². The van der Waals surface area contributed by atoms with Gasteiger partial charge in [0.25, 0.3) is 0 Å². The number of aliphatic imine (C=N–C) groups is 1. The van der Waals surface area contributed by atoms with Gasteiger partial charge >= 0.3 is 6.18 Å². The van der Waals surface area contributed by atoms with Gasteiger partial charge in [-0.05, 0) is 25.2 Å². The van der Waals surface area contributed by atoms with Gasteiger partial charge < -0.3 is 15.2 Å². The molecule has 9 heteroatoms. The molecule has 1 aliphatic rings. The molecule has 1 aromatic rings.